The summed E-state index contributed by atoms with van der Waals surface area (Å²) in [7, 11) is 1.93. The highest BCUT2D eigenvalue weighted by Gasteiger charge is 2.29. The molecule has 0 spiro atoms. The molecule has 0 radical (unpaired) electrons. The van der Waals surface area contributed by atoms with E-state index in [-0.39, 0.29) is 5.54 Å². The highest BCUT2D eigenvalue weighted by Crippen LogP contribution is 2.22. The molecule has 1 fully saturated rings. The van der Waals surface area contributed by atoms with Crippen LogP contribution in [-0.2, 0) is 4.79 Å². The summed E-state index contributed by atoms with van der Waals surface area (Å²) in [6, 6.07) is 0. The molecule has 0 aromatic heterocycles. The Morgan fingerprint density at radius 1 is 1.54 bits per heavy atom. The van der Waals surface area contributed by atoms with E-state index in [1.54, 1.807) is 0 Å². The number of hydrogen-bond donors (Lipinski definition) is 2. The average molecular weight is 185 g/mol. The number of hydrogen-bond acceptors (Lipinski definition) is 4. The summed E-state index contributed by atoms with van der Waals surface area (Å²) in [6.07, 6.45) is 4.33. The number of piperidine rings is 1. The van der Waals surface area contributed by atoms with Crippen LogP contribution in [0.4, 0.5) is 0 Å². The summed E-state index contributed by atoms with van der Waals surface area (Å²) >= 11 is 0. The van der Waals surface area contributed by atoms with Crippen LogP contribution in [0.5, 0.6) is 0 Å². The first-order chi connectivity index (χ1) is 6.20. The van der Waals surface area contributed by atoms with Gasteiger partial charge in [-0.25, -0.2) is 5.01 Å². The van der Waals surface area contributed by atoms with Crippen molar-refractivity contribution in [2.45, 2.75) is 31.2 Å². The second-order valence-electron chi connectivity index (χ2n) is 3.78. The van der Waals surface area contributed by atoms with Crippen molar-refractivity contribution in [3.8, 4) is 0 Å². The summed E-state index contributed by atoms with van der Waals surface area (Å²) in [5, 5.41) is 2.16. The Balaban J connectivity index is 2.32. The molecule has 76 valence electrons. The Labute approximate surface area is 79.4 Å². The van der Waals surface area contributed by atoms with Crippen molar-refractivity contribution in [2.24, 2.45) is 5.73 Å². The van der Waals surface area contributed by atoms with Crippen LogP contribution < -0.4 is 11.2 Å². The van der Waals surface area contributed by atoms with Crippen LogP contribution in [0.25, 0.3) is 0 Å². The van der Waals surface area contributed by atoms with Crippen LogP contribution in [0.1, 0.15) is 25.7 Å². The predicted molar refractivity (Wildman–Crippen MR) is 52.1 cm³/mol. The van der Waals surface area contributed by atoms with Gasteiger partial charge in [-0.05, 0) is 26.3 Å². The summed E-state index contributed by atoms with van der Waals surface area (Å²) in [6.45, 7) is 1.96. The fourth-order valence-electron chi connectivity index (χ4n) is 1.77. The molecule has 3 N–H and O–H groups in total. The monoisotopic (exact) mass is 185 g/mol. The summed E-state index contributed by atoms with van der Waals surface area (Å²) < 4.78 is 0. The molecule has 0 bridgehead atoms. The number of rotatable bonds is 4. The van der Waals surface area contributed by atoms with E-state index < -0.39 is 0 Å². The predicted octanol–water partition coefficient (Wildman–Crippen LogP) is -0.107. The SMILES string of the molecule is CNN1CCC(N)(CCC=O)CC1. The zero-order valence-corrected chi connectivity index (χ0v) is 8.25. The van der Waals surface area contributed by atoms with Gasteiger partial charge in [-0.15, -0.1) is 0 Å². The third-order valence-corrected chi connectivity index (χ3v) is 2.84. The summed E-state index contributed by atoms with van der Waals surface area (Å²) in [5.74, 6) is 0. The lowest BCUT2D eigenvalue weighted by molar-refractivity contribution is -0.108. The second-order valence-corrected chi connectivity index (χ2v) is 3.78. The first-order valence-electron chi connectivity index (χ1n) is 4.85. The topological polar surface area (TPSA) is 58.4 Å². The van der Waals surface area contributed by atoms with Gasteiger partial charge in [0.05, 0.1) is 0 Å². The minimum absolute atomic E-state index is 0.103. The molecule has 4 heteroatoms. The lowest BCUT2D eigenvalue weighted by Crippen LogP contribution is -2.53. The van der Waals surface area contributed by atoms with Gasteiger partial charge in [-0.1, -0.05) is 0 Å². The average Bonchev–Trinajstić information content (AvgIpc) is 2.16. The van der Waals surface area contributed by atoms with Gasteiger partial charge in [0.2, 0.25) is 0 Å². The number of hydrazine groups is 1. The maximum absolute atomic E-state index is 10.2. The van der Waals surface area contributed by atoms with Crippen molar-refractivity contribution in [2.75, 3.05) is 20.1 Å². The first-order valence-corrected chi connectivity index (χ1v) is 4.85. The lowest BCUT2D eigenvalue weighted by atomic mass is 9.85. The number of carbonyl (C=O) groups excluding carboxylic acids is 1. The van der Waals surface area contributed by atoms with Crippen LogP contribution in [0.15, 0.2) is 0 Å². The molecule has 13 heavy (non-hydrogen) atoms. The van der Waals surface area contributed by atoms with E-state index in [0.717, 1.165) is 38.6 Å². The van der Waals surface area contributed by atoms with E-state index in [0.29, 0.717) is 6.42 Å². The van der Waals surface area contributed by atoms with Crippen molar-refractivity contribution in [1.82, 2.24) is 10.4 Å². The summed E-state index contributed by atoms with van der Waals surface area (Å²) in [5.41, 5.74) is 9.15. The van der Waals surface area contributed by atoms with Gasteiger partial charge in [-0.2, -0.15) is 0 Å². The fraction of sp³-hybridized carbons (Fsp3) is 0.889. The molecule has 1 rings (SSSR count). The zero-order chi connectivity index (χ0) is 9.73. The Hall–Kier alpha value is -0.450. The molecule has 0 aliphatic carbocycles. The van der Waals surface area contributed by atoms with Gasteiger partial charge in [0.25, 0.3) is 0 Å². The number of carbonyl (C=O) groups is 1. The molecule has 0 aromatic carbocycles. The zero-order valence-electron chi connectivity index (χ0n) is 8.25. The molecule has 4 nitrogen and oxygen atoms in total. The van der Waals surface area contributed by atoms with E-state index >= 15 is 0 Å². The van der Waals surface area contributed by atoms with E-state index in [9.17, 15) is 4.79 Å². The normalized spacial score (nSPS) is 22.9. The maximum atomic E-state index is 10.2. The van der Waals surface area contributed by atoms with Gasteiger partial charge >= 0.3 is 0 Å². The Kier molecular flexibility index (Phi) is 3.84. The molecule has 1 aliphatic rings. The molecular formula is C9H19N3O. The Morgan fingerprint density at radius 3 is 2.62 bits per heavy atom. The van der Waals surface area contributed by atoms with E-state index in [1.807, 2.05) is 7.05 Å². The minimum atomic E-state index is -0.103. The van der Waals surface area contributed by atoms with Crippen molar-refractivity contribution in [3.05, 3.63) is 0 Å². The standard InChI is InChI=1S/C9H19N3O/c1-11-12-6-4-9(10,5-7-12)3-2-8-13/h8,11H,2-7,10H2,1H3. The summed E-state index contributed by atoms with van der Waals surface area (Å²) in [4.78, 5) is 10.2. The number of nitrogens with two attached hydrogens (primary N) is 1. The van der Waals surface area contributed by atoms with Crippen molar-refractivity contribution in [3.63, 3.8) is 0 Å². The maximum Gasteiger partial charge on any atom is 0.120 e. The molecule has 1 saturated heterocycles. The molecule has 0 atom stereocenters. The molecule has 0 aromatic rings. The molecule has 1 heterocycles. The smallest absolute Gasteiger partial charge is 0.120 e. The Morgan fingerprint density at radius 2 is 2.15 bits per heavy atom. The van der Waals surface area contributed by atoms with Crippen LogP contribution in [-0.4, -0.2) is 37.0 Å². The largest absolute Gasteiger partial charge is 0.325 e. The van der Waals surface area contributed by atoms with Gasteiger partial charge in [0.1, 0.15) is 6.29 Å². The first kappa shape index (κ1) is 10.6. The second kappa shape index (κ2) is 4.69. The van der Waals surface area contributed by atoms with Crippen molar-refractivity contribution in [1.29, 1.82) is 0 Å². The highest BCUT2D eigenvalue weighted by molar-refractivity contribution is 5.49. The van der Waals surface area contributed by atoms with Crippen LogP contribution in [0.2, 0.25) is 0 Å². The van der Waals surface area contributed by atoms with Crippen molar-refractivity contribution < 1.29 is 4.79 Å². The number of nitrogens with zero attached hydrogens (tertiary/aromatic N) is 1. The van der Waals surface area contributed by atoms with Crippen LogP contribution >= 0.6 is 0 Å². The molecule has 1 aliphatic heterocycles. The molecule has 0 amide bonds. The number of aldehydes is 1. The fourth-order valence-corrected chi connectivity index (χ4v) is 1.77. The Bertz CT molecular complexity index is 164. The lowest BCUT2D eigenvalue weighted by Gasteiger charge is -2.38. The van der Waals surface area contributed by atoms with Gasteiger partial charge in [0.15, 0.2) is 0 Å². The van der Waals surface area contributed by atoms with Gasteiger partial charge < -0.3 is 10.5 Å². The van der Waals surface area contributed by atoms with E-state index in [1.165, 1.54) is 0 Å². The minimum Gasteiger partial charge on any atom is -0.325 e. The van der Waals surface area contributed by atoms with Crippen molar-refractivity contribution >= 4 is 6.29 Å². The highest BCUT2D eigenvalue weighted by atomic mass is 16.1. The van der Waals surface area contributed by atoms with Crippen LogP contribution in [0, 0.1) is 0 Å². The van der Waals surface area contributed by atoms with E-state index in [4.69, 9.17) is 5.73 Å². The quantitative estimate of drug-likeness (QED) is 0.600. The number of nitrogens with one attached hydrogen (secondary N) is 1. The van der Waals surface area contributed by atoms with Crippen LogP contribution in [0.3, 0.4) is 0 Å². The third kappa shape index (κ3) is 3.06. The molecular weight excluding hydrogens is 166 g/mol. The third-order valence-electron chi connectivity index (χ3n) is 2.84. The molecule has 0 saturated carbocycles. The molecule has 0 unspecified atom stereocenters. The van der Waals surface area contributed by atoms with E-state index in [2.05, 4.69) is 10.4 Å². The van der Waals surface area contributed by atoms with Gasteiger partial charge in [0, 0.05) is 25.0 Å². The van der Waals surface area contributed by atoms with Gasteiger partial charge in [-0.3, -0.25) is 5.43 Å².